The summed E-state index contributed by atoms with van der Waals surface area (Å²) in [5, 5.41) is 6.58. The fourth-order valence-corrected chi connectivity index (χ4v) is 4.96. The molecule has 0 bridgehead atoms. The van der Waals surface area contributed by atoms with Gasteiger partial charge in [-0.15, -0.1) is 23.2 Å². The van der Waals surface area contributed by atoms with Gasteiger partial charge in [-0.2, -0.15) is 0 Å². The molecule has 2 atom stereocenters. The van der Waals surface area contributed by atoms with Gasteiger partial charge in [0.05, 0.1) is 26.5 Å². The fourth-order valence-electron chi connectivity index (χ4n) is 3.45. The van der Waals surface area contributed by atoms with Crippen LogP contribution in [0.1, 0.15) is 21.8 Å². The molecular weight excluding hydrogens is 551 g/mol. The number of benzene rings is 2. The van der Waals surface area contributed by atoms with E-state index in [2.05, 4.69) is 15.6 Å². The summed E-state index contributed by atoms with van der Waals surface area (Å²) < 4.78 is -1.31. The van der Waals surface area contributed by atoms with Gasteiger partial charge in [-0.1, -0.05) is 52.5 Å². The van der Waals surface area contributed by atoms with E-state index in [0.29, 0.717) is 27.0 Å². The second-order valence-corrected chi connectivity index (χ2v) is 10.4. The van der Waals surface area contributed by atoms with E-state index in [1.165, 1.54) is 24.4 Å². The Bertz CT molecular complexity index is 1270. The van der Waals surface area contributed by atoms with E-state index in [1.807, 2.05) is 0 Å². The Labute approximate surface area is 219 Å². The summed E-state index contributed by atoms with van der Waals surface area (Å²) in [6.07, 6.45) is 1.46. The van der Waals surface area contributed by atoms with Crippen molar-refractivity contribution in [2.24, 2.45) is 5.92 Å². The number of hydrogen-bond acceptors (Lipinski definition) is 3. The first-order valence-corrected chi connectivity index (χ1v) is 11.7. The molecule has 0 saturated heterocycles. The van der Waals surface area contributed by atoms with Gasteiger partial charge in [-0.3, -0.25) is 9.59 Å². The maximum atomic E-state index is 12.9. The SMILES string of the molecule is O=C(Nc1ccnc(Cl)c1)c1cc(NC(=O)C2[C@H](c3ccc(Cl)c(Cl)c3)C2(Cl)Cl)ccc1Cl. The van der Waals surface area contributed by atoms with Crippen LogP contribution in [0.25, 0.3) is 0 Å². The van der Waals surface area contributed by atoms with Crippen molar-refractivity contribution in [2.75, 3.05) is 10.6 Å². The first-order chi connectivity index (χ1) is 15.6. The monoisotopic (exact) mass is 561 g/mol. The first kappa shape index (κ1) is 24.4. The summed E-state index contributed by atoms with van der Waals surface area (Å²) in [7, 11) is 0. The van der Waals surface area contributed by atoms with Crippen LogP contribution in [0.3, 0.4) is 0 Å². The van der Waals surface area contributed by atoms with Crippen molar-refractivity contribution in [3.05, 3.63) is 86.1 Å². The van der Waals surface area contributed by atoms with Crippen LogP contribution in [-0.2, 0) is 4.79 Å². The lowest BCUT2D eigenvalue weighted by atomic mass is 10.1. The molecule has 1 heterocycles. The molecule has 33 heavy (non-hydrogen) atoms. The summed E-state index contributed by atoms with van der Waals surface area (Å²) >= 11 is 36.9. The van der Waals surface area contributed by atoms with Crippen molar-refractivity contribution < 1.29 is 9.59 Å². The zero-order chi connectivity index (χ0) is 23.9. The zero-order valence-electron chi connectivity index (χ0n) is 16.4. The van der Waals surface area contributed by atoms with E-state index in [1.54, 1.807) is 30.3 Å². The van der Waals surface area contributed by atoms with Crippen molar-refractivity contribution in [3.8, 4) is 0 Å². The molecule has 1 aliphatic rings. The molecule has 1 aliphatic carbocycles. The number of halogens is 6. The number of anilines is 2. The Balaban J connectivity index is 1.50. The second kappa shape index (κ2) is 9.49. The Kier molecular flexibility index (Phi) is 7.02. The number of amides is 2. The quantitative estimate of drug-likeness (QED) is 0.250. The van der Waals surface area contributed by atoms with Crippen LogP contribution in [0.5, 0.6) is 0 Å². The van der Waals surface area contributed by atoms with Gasteiger partial charge in [-0.25, -0.2) is 4.98 Å². The van der Waals surface area contributed by atoms with Gasteiger partial charge in [0.1, 0.15) is 9.49 Å². The molecule has 1 fully saturated rings. The number of rotatable bonds is 5. The number of carbonyl (C=O) groups excluding carboxylic acids is 2. The third kappa shape index (κ3) is 5.19. The average molecular weight is 564 g/mol. The molecule has 0 spiro atoms. The molecule has 3 aromatic rings. The van der Waals surface area contributed by atoms with Crippen molar-refractivity contribution in [3.63, 3.8) is 0 Å². The van der Waals surface area contributed by atoms with Gasteiger partial charge in [0.2, 0.25) is 5.91 Å². The van der Waals surface area contributed by atoms with Crippen molar-refractivity contribution in [1.29, 1.82) is 0 Å². The molecule has 2 aromatic carbocycles. The smallest absolute Gasteiger partial charge is 0.257 e. The standard InChI is InChI=1S/C22H13Cl6N3O2/c23-14-4-2-11(8-13(14)20(32)30-12-5-6-29-17(26)9-12)31-21(33)19-18(22(19,27)28)10-1-3-15(24)16(25)7-10/h1-9,18-19H,(H,31,33)(H,29,30,32)/t18-,19?/m0/s1. The molecule has 0 radical (unpaired) electrons. The average Bonchev–Trinajstić information content (AvgIpc) is 3.33. The number of nitrogens with zero attached hydrogens (tertiary/aromatic N) is 1. The van der Waals surface area contributed by atoms with Crippen LogP contribution >= 0.6 is 69.6 Å². The Morgan fingerprint density at radius 1 is 0.818 bits per heavy atom. The van der Waals surface area contributed by atoms with Crippen LogP contribution < -0.4 is 10.6 Å². The van der Waals surface area contributed by atoms with Crippen molar-refractivity contribution in [1.82, 2.24) is 4.98 Å². The minimum Gasteiger partial charge on any atom is -0.326 e. The lowest BCUT2D eigenvalue weighted by Crippen LogP contribution is -2.18. The molecule has 5 nitrogen and oxygen atoms in total. The number of hydrogen-bond donors (Lipinski definition) is 2. The predicted octanol–water partition coefficient (Wildman–Crippen LogP) is 7.47. The molecular formula is C22H13Cl6N3O2. The van der Waals surface area contributed by atoms with Crippen LogP contribution in [-0.4, -0.2) is 21.1 Å². The van der Waals surface area contributed by atoms with Gasteiger partial charge in [-0.05, 0) is 48.0 Å². The maximum Gasteiger partial charge on any atom is 0.257 e. The zero-order valence-corrected chi connectivity index (χ0v) is 20.9. The van der Waals surface area contributed by atoms with Gasteiger partial charge in [0.15, 0.2) is 0 Å². The van der Waals surface area contributed by atoms with Crippen molar-refractivity contribution >= 4 is 92.8 Å². The highest BCUT2D eigenvalue weighted by Crippen LogP contribution is 2.65. The largest absolute Gasteiger partial charge is 0.326 e. The first-order valence-electron chi connectivity index (χ1n) is 9.44. The number of alkyl halides is 2. The summed E-state index contributed by atoms with van der Waals surface area (Å²) in [5.74, 6) is -2.10. The van der Waals surface area contributed by atoms with Crippen LogP contribution in [0.2, 0.25) is 20.2 Å². The van der Waals surface area contributed by atoms with E-state index in [9.17, 15) is 9.59 Å². The number of pyridine rings is 1. The van der Waals surface area contributed by atoms with Gasteiger partial charge in [0.25, 0.3) is 5.91 Å². The van der Waals surface area contributed by atoms with Crippen LogP contribution in [0.4, 0.5) is 11.4 Å². The summed E-state index contributed by atoms with van der Waals surface area (Å²) in [6.45, 7) is 0. The molecule has 1 saturated carbocycles. The molecule has 4 rings (SSSR count). The lowest BCUT2D eigenvalue weighted by molar-refractivity contribution is -0.117. The Morgan fingerprint density at radius 2 is 1.52 bits per heavy atom. The third-order valence-corrected chi connectivity index (χ3v) is 7.32. The minimum absolute atomic E-state index is 0.155. The van der Waals surface area contributed by atoms with Gasteiger partial charge in [0, 0.05) is 23.5 Å². The highest BCUT2D eigenvalue weighted by molar-refractivity contribution is 6.53. The minimum atomic E-state index is -1.31. The summed E-state index contributed by atoms with van der Waals surface area (Å²) in [6, 6.07) is 12.6. The number of aromatic nitrogens is 1. The fraction of sp³-hybridized carbons (Fsp3) is 0.136. The van der Waals surface area contributed by atoms with Crippen LogP contribution in [0, 0.1) is 5.92 Å². The van der Waals surface area contributed by atoms with Crippen LogP contribution in [0.15, 0.2) is 54.7 Å². The molecule has 0 aliphatic heterocycles. The van der Waals surface area contributed by atoms with E-state index in [-0.39, 0.29) is 15.7 Å². The maximum absolute atomic E-state index is 12.9. The number of nitrogens with one attached hydrogen (secondary N) is 2. The van der Waals surface area contributed by atoms with Crippen molar-refractivity contribution in [2.45, 2.75) is 10.3 Å². The summed E-state index contributed by atoms with van der Waals surface area (Å²) in [5.41, 5.74) is 1.65. The Morgan fingerprint density at radius 3 is 2.21 bits per heavy atom. The van der Waals surface area contributed by atoms with E-state index in [4.69, 9.17) is 69.6 Å². The van der Waals surface area contributed by atoms with Gasteiger partial charge < -0.3 is 10.6 Å². The van der Waals surface area contributed by atoms with E-state index < -0.39 is 28.0 Å². The second-order valence-electron chi connectivity index (χ2n) is 7.31. The molecule has 170 valence electrons. The van der Waals surface area contributed by atoms with Gasteiger partial charge >= 0.3 is 0 Å². The normalized spacial score (nSPS) is 18.5. The number of carbonyl (C=O) groups is 2. The predicted molar refractivity (Wildman–Crippen MR) is 134 cm³/mol. The molecule has 1 aromatic heterocycles. The highest BCUT2D eigenvalue weighted by Gasteiger charge is 2.67. The third-order valence-electron chi connectivity index (χ3n) is 5.10. The molecule has 2 N–H and O–H groups in total. The molecule has 11 heteroatoms. The Hall–Kier alpha value is -1.73. The topological polar surface area (TPSA) is 71.1 Å². The summed E-state index contributed by atoms with van der Waals surface area (Å²) in [4.78, 5) is 29.5. The van der Waals surface area contributed by atoms with E-state index >= 15 is 0 Å². The highest BCUT2D eigenvalue weighted by atomic mass is 35.5. The van der Waals surface area contributed by atoms with E-state index in [0.717, 1.165) is 0 Å². The lowest BCUT2D eigenvalue weighted by Gasteiger charge is -2.10. The molecule has 1 unspecified atom stereocenters. The molecule has 2 amide bonds.